The number of aromatic amines is 1. The van der Waals surface area contributed by atoms with Crippen molar-refractivity contribution in [2.75, 3.05) is 19.6 Å². The van der Waals surface area contributed by atoms with Gasteiger partial charge in [0.2, 0.25) is 0 Å². The van der Waals surface area contributed by atoms with Crippen LogP contribution in [-0.4, -0.2) is 35.9 Å². The zero-order chi connectivity index (χ0) is 15.7. The Morgan fingerprint density at radius 3 is 2.73 bits per heavy atom. The first-order valence-electron chi connectivity index (χ1n) is 7.58. The van der Waals surface area contributed by atoms with Crippen LogP contribution in [0, 0.1) is 0 Å². The van der Waals surface area contributed by atoms with E-state index in [9.17, 15) is 13.2 Å². The lowest BCUT2D eigenvalue weighted by Crippen LogP contribution is -2.27. The molecule has 1 N–H and O–H groups in total. The molecule has 0 saturated carbocycles. The SMILES string of the molecule is CCCN1CCc2[nH]c3cc(OC(F)(F)F)ccc3c2CC1. The van der Waals surface area contributed by atoms with Gasteiger partial charge in [-0.3, -0.25) is 0 Å². The molecular formula is C16H19F3N2O. The van der Waals surface area contributed by atoms with E-state index in [0.29, 0.717) is 0 Å². The second-order valence-corrected chi connectivity index (χ2v) is 5.68. The van der Waals surface area contributed by atoms with Crippen LogP contribution < -0.4 is 4.74 Å². The molecule has 3 rings (SSSR count). The number of halogens is 3. The van der Waals surface area contributed by atoms with Crippen molar-refractivity contribution >= 4 is 10.9 Å². The Morgan fingerprint density at radius 2 is 2.00 bits per heavy atom. The predicted molar refractivity (Wildman–Crippen MR) is 79.1 cm³/mol. The van der Waals surface area contributed by atoms with Gasteiger partial charge in [-0.05, 0) is 37.1 Å². The summed E-state index contributed by atoms with van der Waals surface area (Å²) in [7, 11) is 0. The molecule has 0 unspecified atom stereocenters. The summed E-state index contributed by atoms with van der Waals surface area (Å²) >= 11 is 0. The van der Waals surface area contributed by atoms with Gasteiger partial charge >= 0.3 is 6.36 Å². The van der Waals surface area contributed by atoms with Gasteiger partial charge in [-0.1, -0.05) is 6.92 Å². The molecule has 1 aromatic carbocycles. The Bertz CT molecular complexity index is 663. The van der Waals surface area contributed by atoms with Crippen LogP contribution in [0.2, 0.25) is 0 Å². The molecule has 0 amide bonds. The Hall–Kier alpha value is -1.69. The van der Waals surface area contributed by atoms with Gasteiger partial charge in [-0.25, -0.2) is 0 Å². The quantitative estimate of drug-likeness (QED) is 0.931. The van der Waals surface area contributed by atoms with E-state index in [-0.39, 0.29) is 5.75 Å². The lowest BCUT2D eigenvalue weighted by atomic mass is 10.1. The first kappa shape index (κ1) is 15.2. The molecule has 0 radical (unpaired) electrons. The molecule has 0 atom stereocenters. The van der Waals surface area contributed by atoms with Crippen LogP contribution in [0.4, 0.5) is 13.2 Å². The molecule has 0 spiro atoms. The van der Waals surface area contributed by atoms with Gasteiger partial charge in [0, 0.05) is 42.2 Å². The molecule has 2 aromatic rings. The van der Waals surface area contributed by atoms with Crippen LogP contribution in [0.25, 0.3) is 10.9 Å². The summed E-state index contributed by atoms with van der Waals surface area (Å²) in [5.41, 5.74) is 3.08. The summed E-state index contributed by atoms with van der Waals surface area (Å²) in [4.78, 5) is 5.70. The molecule has 0 aliphatic carbocycles. The molecule has 1 aliphatic rings. The number of aromatic nitrogens is 1. The number of benzene rings is 1. The third kappa shape index (κ3) is 3.21. The number of hydrogen-bond acceptors (Lipinski definition) is 2. The highest BCUT2D eigenvalue weighted by molar-refractivity contribution is 5.86. The number of ether oxygens (including phenoxy) is 1. The van der Waals surface area contributed by atoms with Crippen molar-refractivity contribution in [1.29, 1.82) is 0 Å². The van der Waals surface area contributed by atoms with Gasteiger partial charge < -0.3 is 14.6 Å². The van der Waals surface area contributed by atoms with Crippen molar-refractivity contribution in [3.63, 3.8) is 0 Å². The predicted octanol–water partition coefficient (Wildman–Crippen LogP) is 3.88. The second-order valence-electron chi connectivity index (χ2n) is 5.68. The Labute approximate surface area is 127 Å². The van der Waals surface area contributed by atoms with E-state index in [1.807, 2.05) is 0 Å². The molecule has 0 bridgehead atoms. The van der Waals surface area contributed by atoms with Crippen molar-refractivity contribution < 1.29 is 17.9 Å². The Kier molecular flexibility index (Phi) is 4.04. The number of alkyl halides is 3. The largest absolute Gasteiger partial charge is 0.573 e. The molecule has 3 nitrogen and oxygen atoms in total. The van der Waals surface area contributed by atoms with E-state index in [1.54, 1.807) is 6.07 Å². The summed E-state index contributed by atoms with van der Waals surface area (Å²) in [6.45, 7) is 5.24. The van der Waals surface area contributed by atoms with Gasteiger partial charge in [0.15, 0.2) is 0 Å². The van der Waals surface area contributed by atoms with E-state index in [4.69, 9.17) is 0 Å². The normalized spacial score (nSPS) is 16.5. The fourth-order valence-corrected chi connectivity index (χ4v) is 3.18. The third-order valence-electron chi connectivity index (χ3n) is 4.10. The average Bonchev–Trinajstić information content (AvgIpc) is 2.65. The Morgan fingerprint density at radius 1 is 1.23 bits per heavy atom. The lowest BCUT2D eigenvalue weighted by molar-refractivity contribution is -0.274. The van der Waals surface area contributed by atoms with Crippen molar-refractivity contribution in [2.24, 2.45) is 0 Å². The average molecular weight is 312 g/mol. The van der Waals surface area contributed by atoms with Crippen LogP contribution >= 0.6 is 0 Å². The number of hydrogen-bond donors (Lipinski definition) is 1. The number of nitrogens with zero attached hydrogens (tertiary/aromatic N) is 1. The maximum Gasteiger partial charge on any atom is 0.573 e. The minimum atomic E-state index is -4.65. The second kappa shape index (κ2) is 5.83. The zero-order valence-corrected chi connectivity index (χ0v) is 12.5. The van der Waals surface area contributed by atoms with E-state index in [1.165, 1.54) is 17.7 Å². The van der Waals surface area contributed by atoms with E-state index in [2.05, 4.69) is 21.5 Å². The number of fused-ring (bicyclic) bond motifs is 3. The van der Waals surface area contributed by atoms with Crippen molar-refractivity contribution in [2.45, 2.75) is 32.5 Å². The maximum absolute atomic E-state index is 12.3. The molecule has 1 aliphatic heterocycles. The van der Waals surface area contributed by atoms with Crippen molar-refractivity contribution in [3.8, 4) is 5.75 Å². The lowest BCUT2D eigenvalue weighted by Gasteiger charge is -2.18. The standard InChI is InChI=1S/C16H19F3N2O/c1-2-7-21-8-5-13-12-4-3-11(22-16(17,18)19)10-15(12)20-14(13)6-9-21/h3-4,10,20H,2,5-9H2,1H3. The molecule has 6 heteroatoms. The topological polar surface area (TPSA) is 28.3 Å². The molecule has 0 fully saturated rings. The number of H-pyrrole nitrogens is 1. The summed E-state index contributed by atoms with van der Waals surface area (Å²) < 4.78 is 40.9. The molecule has 22 heavy (non-hydrogen) atoms. The van der Waals surface area contributed by atoms with Gasteiger partial charge in [-0.15, -0.1) is 13.2 Å². The molecular weight excluding hydrogens is 293 g/mol. The number of nitrogens with one attached hydrogen (secondary N) is 1. The van der Waals surface area contributed by atoms with Gasteiger partial charge in [-0.2, -0.15) is 0 Å². The van der Waals surface area contributed by atoms with Crippen molar-refractivity contribution in [3.05, 3.63) is 29.5 Å². The van der Waals surface area contributed by atoms with Crippen LogP contribution in [0.3, 0.4) is 0 Å². The van der Waals surface area contributed by atoms with E-state index in [0.717, 1.165) is 55.5 Å². The third-order valence-corrected chi connectivity index (χ3v) is 4.10. The van der Waals surface area contributed by atoms with Crippen LogP contribution in [0.5, 0.6) is 5.75 Å². The molecule has 2 heterocycles. The first-order valence-corrected chi connectivity index (χ1v) is 7.58. The smallest absolute Gasteiger partial charge is 0.406 e. The van der Waals surface area contributed by atoms with Crippen LogP contribution in [-0.2, 0) is 12.8 Å². The fraction of sp³-hybridized carbons (Fsp3) is 0.500. The molecule has 120 valence electrons. The van der Waals surface area contributed by atoms with Gasteiger partial charge in [0.1, 0.15) is 5.75 Å². The number of rotatable bonds is 3. The first-order chi connectivity index (χ1) is 10.5. The summed E-state index contributed by atoms with van der Waals surface area (Å²) in [6, 6.07) is 4.54. The van der Waals surface area contributed by atoms with Gasteiger partial charge in [0.05, 0.1) is 0 Å². The van der Waals surface area contributed by atoms with E-state index >= 15 is 0 Å². The van der Waals surface area contributed by atoms with Gasteiger partial charge in [0.25, 0.3) is 0 Å². The highest BCUT2D eigenvalue weighted by Crippen LogP contribution is 2.31. The minimum Gasteiger partial charge on any atom is -0.406 e. The molecule has 1 aromatic heterocycles. The maximum atomic E-state index is 12.3. The summed E-state index contributed by atoms with van der Waals surface area (Å²) in [6.07, 6.45) is -1.70. The van der Waals surface area contributed by atoms with Crippen LogP contribution in [0.15, 0.2) is 18.2 Å². The highest BCUT2D eigenvalue weighted by atomic mass is 19.4. The monoisotopic (exact) mass is 312 g/mol. The molecule has 0 saturated heterocycles. The van der Waals surface area contributed by atoms with E-state index < -0.39 is 6.36 Å². The highest BCUT2D eigenvalue weighted by Gasteiger charge is 2.31. The van der Waals surface area contributed by atoms with Crippen molar-refractivity contribution in [1.82, 2.24) is 9.88 Å². The fourth-order valence-electron chi connectivity index (χ4n) is 3.18. The van der Waals surface area contributed by atoms with Crippen LogP contribution in [0.1, 0.15) is 24.6 Å². The Balaban J connectivity index is 1.87. The zero-order valence-electron chi connectivity index (χ0n) is 12.5. The summed E-state index contributed by atoms with van der Waals surface area (Å²) in [5, 5.41) is 1.00. The summed E-state index contributed by atoms with van der Waals surface area (Å²) in [5.74, 6) is -0.177. The minimum absolute atomic E-state index is 0.177.